The van der Waals surface area contributed by atoms with Crippen molar-refractivity contribution in [2.75, 3.05) is 25.6 Å². The van der Waals surface area contributed by atoms with E-state index >= 15 is 0 Å². The van der Waals surface area contributed by atoms with Crippen LogP contribution in [0.3, 0.4) is 0 Å². The Morgan fingerprint density at radius 3 is 2.82 bits per heavy atom. The molecule has 5 nitrogen and oxygen atoms in total. The van der Waals surface area contributed by atoms with E-state index in [2.05, 4.69) is 5.32 Å². The SMILES string of the molecule is CSc1ccc(C(=O)NC[C@H]2CCCN2S(C)(=O)=O)c(Cl)c1. The number of sulfonamides is 1. The van der Waals surface area contributed by atoms with E-state index in [-0.39, 0.29) is 11.9 Å². The maximum absolute atomic E-state index is 12.2. The van der Waals surface area contributed by atoms with Gasteiger partial charge < -0.3 is 5.32 Å². The molecule has 1 amide bonds. The predicted octanol–water partition coefficient (Wildman–Crippen LogP) is 2.22. The molecule has 1 fully saturated rings. The van der Waals surface area contributed by atoms with Gasteiger partial charge in [-0.15, -0.1) is 11.8 Å². The molecular formula is C14H19ClN2O3S2. The molecule has 0 spiro atoms. The second-order valence-corrected chi connectivity index (χ2v) is 8.45. The number of hydrogen-bond donors (Lipinski definition) is 1. The van der Waals surface area contributed by atoms with E-state index < -0.39 is 10.0 Å². The quantitative estimate of drug-likeness (QED) is 0.815. The molecule has 1 atom stereocenters. The van der Waals surface area contributed by atoms with Gasteiger partial charge in [0.05, 0.1) is 16.8 Å². The fourth-order valence-corrected chi connectivity index (χ4v) is 4.52. The van der Waals surface area contributed by atoms with Crippen LogP contribution in [0.2, 0.25) is 5.02 Å². The smallest absolute Gasteiger partial charge is 0.252 e. The molecule has 22 heavy (non-hydrogen) atoms. The van der Waals surface area contributed by atoms with Crippen LogP contribution in [0.15, 0.2) is 23.1 Å². The van der Waals surface area contributed by atoms with Crippen molar-refractivity contribution >= 4 is 39.3 Å². The monoisotopic (exact) mass is 362 g/mol. The van der Waals surface area contributed by atoms with E-state index in [9.17, 15) is 13.2 Å². The van der Waals surface area contributed by atoms with Gasteiger partial charge in [-0.25, -0.2) is 8.42 Å². The molecule has 1 aromatic carbocycles. The van der Waals surface area contributed by atoms with E-state index in [4.69, 9.17) is 11.6 Å². The van der Waals surface area contributed by atoms with Crippen molar-refractivity contribution in [1.29, 1.82) is 0 Å². The lowest BCUT2D eigenvalue weighted by Crippen LogP contribution is -2.42. The van der Waals surface area contributed by atoms with Gasteiger partial charge in [0.1, 0.15) is 0 Å². The number of amides is 1. The Hall–Kier alpha value is -0.760. The van der Waals surface area contributed by atoms with Crippen LogP contribution in [-0.4, -0.2) is 50.3 Å². The van der Waals surface area contributed by atoms with Crippen LogP contribution in [0, 0.1) is 0 Å². The van der Waals surface area contributed by atoms with Crippen LogP contribution in [0.5, 0.6) is 0 Å². The minimum atomic E-state index is -3.23. The zero-order chi connectivity index (χ0) is 16.3. The lowest BCUT2D eigenvalue weighted by molar-refractivity contribution is 0.0946. The molecule has 1 aromatic rings. The third-order valence-electron chi connectivity index (χ3n) is 3.67. The van der Waals surface area contributed by atoms with Crippen molar-refractivity contribution in [1.82, 2.24) is 9.62 Å². The molecule has 2 rings (SSSR count). The molecule has 122 valence electrons. The highest BCUT2D eigenvalue weighted by Crippen LogP contribution is 2.24. The van der Waals surface area contributed by atoms with Crippen molar-refractivity contribution in [2.45, 2.75) is 23.8 Å². The third kappa shape index (κ3) is 4.16. The highest BCUT2D eigenvalue weighted by Gasteiger charge is 2.31. The minimum absolute atomic E-state index is 0.178. The van der Waals surface area contributed by atoms with Gasteiger partial charge in [-0.05, 0) is 37.3 Å². The summed E-state index contributed by atoms with van der Waals surface area (Å²) >= 11 is 7.67. The fourth-order valence-electron chi connectivity index (χ4n) is 2.56. The molecule has 8 heteroatoms. The van der Waals surface area contributed by atoms with Gasteiger partial charge in [-0.2, -0.15) is 4.31 Å². The molecule has 0 bridgehead atoms. The molecule has 1 aliphatic rings. The van der Waals surface area contributed by atoms with Crippen molar-refractivity contribution in [3.63, 3.8) is 0 Å². The standard InChI is InChI=1S/C14H19ClN2O3S2/c1-21-11-5-6-12(13(15)8-11)14(18)16-9-10-4-3-7-17(10)22(2,19)20/h5-6,8,10H,3-4,7,9H2,1-2H3,(H,16,18)/t10-/m1/s1. The largest absolute Gasteiger partial charge is 0.350 e. The first-order valence-corrected chi connectivity index (χ1v) is 10.4. The first kappa shape index (κ1) is 17.6. The van der Waals surface area contributed by atoms with Gasteiger partial charge in [-0.3, -0.25) is 4.79 Å². The summed E-state index contributed by atoms with van der Waals surface area (Å²) in [5.41, 5.74) is 0.406. The van der Waals surface area contributed by atoms with E-state index in [1.165, 1.54) is 10.6 Å². The molecular weight excluding hydrogens is 344 g/mol. The Bertz CT molecular complexity index is 664. The Balaban J connectivity index is 2.01. The number of nitrogens with zero attached hydrogens (tertiary/aromatic N) is 1. The van der Waals surface area contributed by atoms with E-state index in [1.807, 2.05) is 12.3 Å². The lowest BCUT2D eigenvalue weighted by Gasteiger charge is -2.22. The Morgan fingerprint density at radius 1 is 1.50 bits per heavy atom. The van der Waals surface area contributed by atoms with Crippen molar-refractivity contribution in [2.24, 2.45) is 0 Å². The van der Waals surface area contributed by atoms with Gasteiger partial charge in [-0.1, -0.05) is 11.6 Å². The van der Waals surface area contributed by atoms with Gasteiger partial charge >= 0.3 is 0 Å². The van der Waals surface area contributed by atoms with Crippen LogP contribution in [0.25, 0.3) is 0 Å². The number of nitrogens with one attached hydrogen (secondary N) is 1. The molecule has 0 aromatic heterocycles. The number of thioether (sulfide) groups is 1. The van der Waals surface area contributed by atoms with E-state index in [0.717, 1.165) is 17.7 Å². The van der Waals surface area contributed by atoms with Crippen LogP contribution < -0.4 is 5.32 Å². The molecule has 0 unspecified atom stereocenters. The van der Waals surface area contributed by atoms with Gasteiger partial charge in [0.25, 0.3) is 5.91 Å². The molecule has 0 radical (unpaired) electrons. The first-order valence-electron chi connectivity index (χ1n) is 6.91. The van der Waals surface area contributed by atoms with E-state index in [0.29, 0.717) is 23.7 Å². The third-order valence-corrected chi connectivity index (χ3v) is 6.04. The van der Waals surface area contributed by atoms with Gasteiger partial charge in [0.2, 0.25) is 10.0 Å². The maximum atomic E-state index is 12.2. The second kappa shape index (κ2) is 7.21. The lowest BCUT2D eigenvalue weighted by atomic mass is 10.2. The van der Waals surface area contributed by atoms with Crippen molar-refractivity contribution in [3.05, 3.63) is 28.8 Å². The number of benzene rings is 1. The normalized spacial score (nSPS) is 19.3. The van der Waals surface area contributed by atoms with Crippen LogP contribution in [-0.2, 0) is 10.0 Å². The first-order chi connectivity index (χ1) is 10.3. The number of carbonyl (C=O) groups is 1. The Kier molecular flexibility index (Phi) is 5.76. The molecule has 1 heterocycles. The number of halogens is 1. The number of rotatable bonds is 5. The highest BCUT2D eigenvalue weighted by atomic mass is 35.5. The summed E-state index contributed by atoms with van der Waals surface area (Å²) in [6, 6.07) is 5.10. The molecule has 0 saturated carbocycles. The van der Waals surface area contributed by atoms with Crippen LogP contribution in [0.4, 0.5) is 0 Å². The molecule has 1 aliphatic heterocycles. The maximum Gasteiger partial charge on any atom is 0.252 e. The summed E-state index contributed by atoms with van der Waals surface area (Å²) in [5.74, 6) is -0.280. The molecule has 0 aliphatic carbocycles. The van der Waals surface area contributed by atoms with Crippen molar-refractivity contribution < 1.29 is 13.2 Å². The summed E-state index contributed by atoms with van der Waals surface area (Å²) < 4.78 is 24.8. The number of carbonyl (C=O) groups excluding carboxylic acids is 1. The fraction of sp³-hybridized carbons (Fsp3) is 0.500. The zero-order valence-corrected chi connectivity index (χ0v) is 14.9. The van der Waals surface area contributed by atoms with Gasteiger partial charge in [0.15, 0.2) is 0 Å². The Labute approximate surface area is 140 Å². The van der Waals surface area contributed by atoms with Crippen LogP contribution >= 0.6 is 23.4 Å². The van der Waals surface area contributed by atoms with Crippen molar-refractivity contribution in [3.8, 4) is 0 Å². The predicted molar refractivity (Wildman–Crippen MR) is 90.1 cm³/mol. The van der Waals surface area contributed by atoms with E-state index in [1.54, 1.807) is 23.9 Å². The summed E-state index contributed by atoms with van der Waals surface area (Å²) in [5, 5.41) is 3.18. The summed E-state index contributed by atoms with van der Waals surface area (Å²) in [4.78, 5) is 13.2. The number of hydrogen-bond acceptors (Lipinski definition) is 4. The second-order valence-electron chi connectivity index (χ2n) is 5.23. The summed E-state index contributed by atoms with van der Waals surface area (Å²) in [6.07, 6.45) is 4.71. The zero-order valence-electron chi connectivity index (χ0n) is 12.5. The highest BCUT2D eigenvalue weighted by molar-refractivity contribution is 7.98. The van der Waals surface area contributed by atoms with Crippen LogP contribution in [0.1, 0.15) is 23.2 Å². The Morgan fingerprint density at radius 2 is 2.23 bits per heavy atom. The summed E-state index contributed by atoms with van der Waals surface area (Å²) in [6.45, 7) is 0.815. The topological polar surface area (TPSA) is 66.5 Å². The van der Waals surface area contributed by atoms with Gasteiger partial charge in [0, 0.05) is 24.0 Å². The molecule has 1 N–H and O–H groups in total. The average molecular weight is 363 g/mol. The molecule has 1 saturated heterocycles. The summed E-state index contributed by atoms with van der Waals surface area (Å²) in [7, 11) is -3.23. The minimum Gasteiger partial charge on any atom is -0.350 e. The average Bonchev–Trinajstić information content (AvgIpc) is 2.93.